The van der Waals surface area contributed by atoms with Gasteiger partial charge in [-0.1, -0.05) is 146 Å². The van der Waals surface area contributed by atoms with Gasteiger partial charge in [-0.05, 0) is 61.7 Å². The Bertz CT molecular complexity index is 2700. The number of rotatable bonds is 3. The van der Waals surface area contributed by atoms with Gasteiger partial charge in [0.25, 0.3) is 0 Å². The second-order valence-electron chi connectivity index (χ2n) is 12.6. The van der Waals surface area contributed by atoms with Gasteiger partial charge in [0.1, 0.15) is 12.3 Å². The lowest BCUT2D eigenvalue weighted by atomic mass is 9.93. The lowest BCUT2D eigenvalue weighted by molar-refractivity contribution is 0.384. The molecule has 0 radical (unpaired) electrons. The SMILES string of the molecule is C1=C(c2ccccc2)NC(c2ccc3ccccc3c2)NC1n1c2ccccc2c2c3c4ccccc4ccc3c3ccccc3c21. The molecule has 2 atom stereocenters. The van der Waals surface area contributed by atoms with E-state index in [1.54, 1.807) is 0 Å². The fourth-order valence-electron chi connectivity index (χ4n) is 7.90. The topological polar surface area (TPSA) is 29.0 Å². The molecule has 8 aromatic carbocycles. The molecule has 47 heavy (non-hydrogen) atoms. The lowest BCUT2D eigenvalue weighted by Crippen LogP contribution is -2.41. The van der Waals surface area contributed by atoms with Gasteiger partial charge < -0.3 is 9.88 Å². The molecule has 0 spiro atoms. The third-order valence-electron chi connectivity index (χ3n) is 9.99. The number of nitrogens with zero attached hydrogens (tertiary/aromatic N) is 1. The van der Waals surface area contributed by atoms with Crippen LogP contribution in [0.15, 0.2) is 164 Å². The van der Waals surface area contributed by atoms with Crippen LogP contribution in [0.2, 0.25) is 0 Å². The average molecular weight is 602 g/mol. The standard InChI is InChI=1S/C44H31N3/c1-2-14-30(15-3-1)38-27-40(46-44(45-38)32-23-22-28-12-4-5-16-31(28)26-32)47-39-21-11-10-20-37(39)42-41-33-17-7-6-13-29(33)24-25-35(41)34-18-8-9-19-36(34)43(42)47/h1-27,40,44-46H. The summed E-state index contributed by atoms with van der Waals surface area (Å²) in [6, 6.07) is 57.3. The van der Waals surface area contributed by atoms with Crippen LogP contribution in [-0.2, 0) is 0 Å². The molecule has 0 saturated heterocycles. The minimum Gasteiger partial charge on any atom is -0.366 e. The van der Waals surface area contributed by atoms with E-state index in [-0.39, 0.29) is 12.3 Å². The Morgan fingerprint density at radius 2 is 1.13 bits per heavy atom. The molecule has 9 aromatic rings. The van der Waals surface area contributed by atoms with Crippen molar-refractivity contribution in [1.29, 1.82) is 0 Å². The largest absolute Gasteiger partial charge is 0.366 e. The molecule has 1 aliphatic rings. The molecule has 2 N–H and O–H groups in total. The molecule has 0 amide bonds. The minimum atomic E-state index is -0.124. The van der Waals surface area contributed by atoms with Crippen LogP contribution in [0.3, 0.4) is 0 Å². The predicted molar refractivity (Wildman–Crippen MR) is 198 cm³/mol. The van der Waals surface area contributed by atoms with E-state index < -0.39 is 0 Å². The summed E-state index contributed by atoms with van der Waals surface area (Å²) in [6.45, 7) is 0. The number of aromatic nitrogens is 1. The maximum atomic E-state index is 4.05. The van der Waals surface area contributed by atoms with Crippen LogP contribution in [0.4, 0.5) is 0 Å². The molecule has 1 aliphatic heterocycles. The number of benzene rings is 8. The number of nitrogens with one attached hydrogen (secondary N) is 2. The monoisotopic (exact) mass is 601 g/mol. The van der Waals surface area contributed by atoms with Gasteiger partial charge in [-0.15, -0.1) is 0 Å². The molecule has 10 rings (SSSR count). The van der Waals surface area contributed by atoms with Gasteiger partial charge in [-0.25, -0.2) is 0 Å². The van der Waals surface area contributed by atoms with Crippen molar-refractivity contribution in [2.24, 2.45) is 0 Å². The van der Waals surface area contributed by atoms with Crippen molar-refractivity contribution >= 4 is 70.6 Å². The highest BCUT2D eigenvalue weighted by atomic mass is 15.3. The van der Waals surface area contributed by atoms with Crippen molar-refractivity contribution in [2.45, 2.75) is 12.3 Å². The van der Waals surface area contributed by atoms with Crippen molar-refractivity contribution in [1.82, 2.24) is 15.2 Å². The number of hydrogen-bond donors (Lipinski definition) is 2. The van der Waals surface area contributed by atoms with Crippen LogP contribution in [0.5, 0.6) is 0 Å². The fourth-order valence-corrected chi connectivity index (χ4v) is 7.90. The summed E-state index contributed by atoms with van der Waals surface area (Å²) in [5.74, 6) is 0. The zero-order chi connectivity index (χ0) is 30.9. The van der Waals surface area contributed by atoms with E-state index in [1.807, 2.05) is 0 Å². The molecule has 0 aliphatic carbocycles. The van der Waals surface area contributed by atoms with Crippen LogP contribution in [0.1, 0.15) is 23.5 Å². The van der Waals surface area contributed by atoms with Crippen LogP contribution < -0.4 is 10.6 Å². The van der Waals surface area contributed by atoms with E-state index in [1.165, 1.54) is 76.0 Å². The summed E-state index contributed by atoms with van der Waals surface area (Å²) in [6.07, 6.45) is 2.13. The highest BCUT2D eigenvalue weighted by Crippen LogP contribution is 2.45. The molecule has 0 fully saturated rings. The van der Waals surface area contributed by atoms with Crippen LogP contribution >= 0.6 is 0 Å². The van der Waals surface area contributed by atoms with Gasteiger partial charge >= 0.3 is 0 Å². The molecule has 2 heterocycles. The summed E-state index contributed by atoms with van der Waals surface area (Å²) in [5.41, 5.74) is 5.97. The van der Waals surface area contributed by atoms with E-state index in [0.717, 1.165) is 5.70 Å². The Labute approximate surface area is 272 Å². The van der Waals surface area contributed by atoms with Gasteiger partial charge in [-0.2, -0.15) is 0 Å². The van der Waals surface area contributed by atoms with Crippen molar-refractivity contribution in [3.63, 3.8) is 0 Å². The zero-order valence-electron chi connectivity index (χ0n) is 25.7. The van der Waals surface area contributed by atoms with Gasteiger partial charge in [0.05, 0.1) is 11.0 Å². The third kappa shape index (κ3) is 4.04. The Morgan fingerprint density at radius 1 is 0.468 bits per heavy atom. The Hall–Kier alpha value is -5.90. The number of hydrogen-bond acceptors (Lipinski definition) is 2. The summed E-state index contributed by atoms with van der Waals surface area (Å²) >= 11 is 0. The first-order chi connectivity index (χ1) is 23.3. The molecule has 3 nitrogen and oxygen atoms in total. The van der Waals surface area contributed by atoms with Crippen LogP contribution in [-0.4, -0.2) is 4.57 Å². The van der Waals surface area contributed by atoms with E-state index >= 15 is 0 Å². The lowest BCUT2D eigenvalue weighted by Gasteiger charge is -2.34. The summed E-state index contributed by atoms with van der Waals surface area (Å²) < 4.78 is 2.55. The van der Waals surface area contributed by atoms with Gasteiger partial charge in [0.2, 0.25) is 0 Å². The van der Waals surface area contributed by atoms with E-state index in [9.17, 15) is 0 Å². The first kappa shape index (κ1) is 26.3. The van der Waals surface area contributed by atoms with Gasteiger partial charge in [0.15, 0.2) is 0 Å². The molecular weight excluding hydrogens is 571 g/mol. The number of para-hydroxylation sites is 1. The van der Waals surface area contributed by atoms with Crippen molar-refractivity contribution in [3.05, 3.63) is 175 Å². The van der Waals surface area contributed by atoms with Crippen molar-refractivity contribution in [3.8, 4) is 0 Å². The summed E-state index contributed by atoms with van der Waals surface area (Å²) in [4.78, 5) is 0. The average Bonchev–Trinajstić information content (AvgIpc) is 3.50. The molecule has 2 unspecified atom stereocenters. The van der Waals surface area contributed by atoms with Crippen molar-refractivity contribution in [2.75, 3.05) is 0 Å². The molecule has 1 aromatic heterocycles. The highest BCUT2D eigenvalue weighted by molar-refractivity contribution is 6.36. The first-order valence-electron chi connectivity index (χ1n) is 16.4. The quantitative estimate of drug-likeness (QED) is 0.197. The minimum absolute atomic E-state index is 0.103. The highest BCUT2D eigenvalue weighted by Gasteiger charge is 2.28. The first-order valence-corrected chi connectivity index (χ1v) is 16.4. The molecular formula is C44H31N3. The maximum Gasteiger partial charge on any atom is 0.108 e. The second kappa shape index (κ2) is 10.3. The van der Waals surface area contributed by atoms with Gasteiger partial charge in [-0.3, -0.25) is 5.32 Å². The van der Waals surface area contributed by atoms with E-state index in [4.69, 9.17) is 0 Å². The normalized spacial score (nSPS) is 16.7. The Kier molecular flexibility index (Phi) is 5.78. The van der Waals surface area contributed by atoms with Crippen LogP contribution in [0.25, 0.3) is 70.6 Å². The summed E-state index contributed by atoms with van der Waals surface area (Å²) in [7, 11) is 0. The van der Waals surface area contributed by atoms with Gasteiger partial charge in [0, 0.05) is 27.2 Å². The molecule has 3 heteroatoms. The second-order valence-corrected chi connectivity index (χ2v) is 12.6. The third-order valence-corrected chi connectivity index (χ3v) is 9.99. The van der Waals surface area contributed by atoms with Crippen molar-refractivity contribution < 1.29 is 0 Å². The maximum absolute atomic E-state index is 4.05. The zero-order valence-corrected chi connectivity index (χ0v) is 25.7. The molecule has 0 bridgehead atoms. The molecule has 0 saturated carbocycles. The Balaban J connectivity index is 1.30. The smallest absolute Gasteiger partial charge is 0.108 e. The van der Waals surface area contributed by atoms with Crippen LogP contribution in [0, 0.1) is 0 Å². The predicted octanol–water partition coefficient (Wildman–Crippen LogP) is 10.8. The Morgan fingerprint density at radius 3 is 1.98 bits per heavy atom. The number of fused-ring (bicyclic) bond motifs is 11. The van der Waals surface area contributed by atoms with E-state index in [0.29, 0.717) is 0 Å². The fraction of sp³-hybridized carbons (Fsp3) is 0.0455. The molecule has 222 valence electrons. The summed E-state index contributed by atoms with van der Waals surface area (Å²) in [5, 5.41) is 20.7. The van der Waals surface area contributed by atoms with E-state index in [2.05, 4.69) is 179 Å².